The second-order valence-electron chi connectivity index (χ2n) is 11.4. The van der Waals surface area contributed by atoms with E-state index in [1.807, 2.05) is 71.9 Å². The molecule has 5 nitrogen and oxygen atoms in total. The molecule has 206 valence electrons. The van der Waals surface area contributed by atoms with E-state index in [2.05, 4.69) is 26.7 Å². The maximum atomic E-state index is 15.2. The monoisotopic (exact) mass is 630 g/mol. The lowest BCUT2D eigenvalue weighted by Gasteiger charge is -2.28. The Morgan fingerprint density at radius 3 is 2.54 bits per heavy atom. The summed E-state index contributed by atoms with van der Waals surface area (Å²) in [5.74, 6) is -1.02. The highest BCUT2D eigenvalue weighted by atomic mass is 79.9. The van der Waals surface area contributed by atoms with Crippen molar-refractivity contribution in [1.29, 1.82) is 0 Å². The fourth-order valence-electron chi connectivity index (χ4n) is 4.72. The van der Waals surface area contributed by atoms with Crippen LogP contribution in [-0.4, -0.2) is 26.7 Å². The van der Waals surface area contributed by atoms with Crippen LogP contribution < -0.4 is 4.72 Å². The second kappa shape index (κ2) is 10.5. The number of benzene rings is 2. The second-order valence-corrected chi connectivity index (χ2v) is 15.3. The minimum atomic E-state index is -1.43. The molecule has 39 heavy (non-hydrogen) atoms. The Bertz CT molecular complexity index is 1500. The molecule has 2 aromatic carbocycles. The Morgan fingerprint density at radius 2 is 1.87 bits per heavy atom. The molecule has 4 aromatic rings. The summed E-state index contributed by atoms with van der Waals surface area (Å²) in [5, 5.41) is 1.01. The fraction of sp³-hybridized carbons (Fsp3) is 0.367. The number of aromatic nitrogens is 1. The van der Waals surface area contributed by atoms with Gasteiger partial charge in [-0.1, -0.05) is 40.2 Å². The number of ether oxygens (including phenoxy) is 2. The van der Waals surface area contributed by atoms with Crippen LogP contribution in [0.15, 0.2) is 65.3 Å². The van der Waals surface area contributed by atoms with Gasteiger partial charge in [0.1, 0.15) is 22.2 Å². The van der Waals surface area contributed by atoms with Gasteiger partial charge in [-0.15, -0.1) is 16.1 Å². The quantitative estimate of drug-likeness (QED) is 0.219. The largest absolute Gasteiger partial charge is 0.598 e. The van der Waals surface area contributed by atoms with Crippen LogP contribution in [0.5, 0.6) is 0 Å². The predicted octanol–water partition coefficient (Wildman–Crippen LogP) is 8.00. The van der Waals surface area contributed by atoms with E-state index in [4.69, 9.17) is 14.5 Å². The molecule has 0 bridgehead atoms. The third-order valence-electron chi connectivity index (χ3n) is 6.73. The Labute approximate surface area is 244 Å². The van der Waals surface area contributed by atoms with E-state index in [9.17, 15) is 4.55 Å². The number of hydrogen-bond acceptors (Lipinski definition) is 6. The molecule has 2 aromatic heterocycles. The molecule has 0 amide bonds. The fourth-order valence-corrected chi connectivity index (χ4v) is 7.42. The van der Waals surface area contributed by atoms with Crippen molar-refractivity contribution in [2.24, 2.45) is 0 Å². The maximum absolute atomic E-state index is 15.2. The SMILES string of the molecule is CC1(C)OC[C@](C)(c2ccnc(-c3cccc4cc(C(N[S+]([O-])C(C)(C)C)c5c(F)cccc5Br)sc34)c2)O1. The molecule has 9 heteroatoms. The third kappa shape index (κ3) is 5.81. The molecule has 5 rings (SSSR count). The van der Waals surface area contributed by atoms with Crippen LogP contribution in [0.2, 0.25) is 0 Å². The van der Waals surface area contributed by atoms with Gasteiger partial charge in [-0.05, 0) is 82.8 Å². The molecule has 3 atom stereocenters. The molecule has 1 fully saturated rings. The number of hydrogen-bond donors (Lipinski definition) is 1. The first-order valence-corrected chi connectivity index (χ1v) is 15.5. The van der Waals surface area contributed by atoms with Crippen LogP contribution in [0.1, 0.15) is 63.6 Å². The van der Waals surface area contributed by atoms with Crippen molar-refractivity contribution < 1.29 is 18.4 Å². The third-order valence-corrected chi connectivity index (χ3v) is 10.2. The highest BCUT2D eigenvalue weighted by Gasteiger charge is 2.43. The number of nitrogens with zero attached hydrogens (tertiary/aromatic N) is 1. The van der Waals surface area contributed by atoms with Crippen LogP contribution in [-0.2, 0) is 26.4 Å². The van der Waals surface area contributed by atoms with Gasteiger partial charge >= 0.3 is 0 Å². The molecule has 0 saturated carbocycles. The van der Waals surface area contributed by atoms with Gasteiger partial charge in [-0.3, -0.25) is 4.98 Å². The lowest BCUT2D eigenvalue weighted by molar-refractivity contribution is -0.159. The lowest BCUT2D eigenvalue weighted by Crippen LogP contribution is -2.41. The molecule has 1 aliphatic heterocycles. The van der Waals surface area contributed by atoms with E-state index in [1.54, 1.807) is 29.7 Å². The standard InChI is InChI=1S/C30H32BrFN2O3S2/c1-28(2,3)39(35)34-26(25-21(31)11-8-12-22(25)32)24-15-18-9-7-10-20(27(18)38-24)23-16-19(13-14-33-23)30(6)17-36-29(4,5)37-30/h7-16,26,34H,17H2,1-6H3/t26?,30-,39?/m1/s1. The zero-order valence-corrected chi connectivity index (χ0v) is 26.0. The predicted molar refractivity (Wildman–Crippen MR) is 160 cm³/mol. The summed E-state index contributed by atoms with van der Waals surface area (Å²) in [6.45, 7) is 12.0. The summed E-state index contributed by atoms with van der Waals surface area (Å²) < 4.78 is 44.9. The first-order chi connectivity index (χ1) is 18.3. The van der Waals surface area contributed by atoms with E-state index in [0.29, 0.717) is 16.6 Å². The van der Waals surface area contributed by atoms with Gasteiger partial charge in [0.2, 0.25) is 0 Å². The van der Waals surface area contributed by atoms with Crippen molar-refractivity contribution in [3.8, 4) is 11.3 Å². The topological polar surface area (TPSA) is 66.4 Å². The van der Waals surface area contributed by atoms with Gasteiger partial charge < -0.3 is 14.0 Å². The van der Waals surface area contributed by atoms with E-state index in [0.717, 1.165) is 31.8 Å². The van der Waals surface area contributed by atoms with Gasteiger partial charge in [0.25, 0.3) is 0 Å². The van der Waals surface area contributed by atoms with E-state index >= 15 is 4.39 Å². The normalized spacial score (nSPS) is 20.8. The molecule has 0 spiro atoms. The first kappa shape index (κ1) is 28.7. The van der Waals surface area contributed by atoms with Gasteiger partial charge in [-0.2, -0.15) is 0 Å². The number of fused-ring (bicyclic) bond motifs is 1. The van der Waals surface area contributed by atoms with Crippen LogP contribution >= 0.6 is 27.3 Å². The molecular formula is C30H32BrFN2O3S2. The Morgan fingerprint density at radius 1 is 1.13 bits per heavy atom. The van der Waals surface area contributed by atoms with Gasteiger partial charge in [-0.25, -0.2) is 4.39 Å². The molecule has 3 heterocycles. The molecule has 0 aliphatic carbocycles. The van der Waals surface area contributed by atoms with Crippen molar-refractivity contribution in [2.45, 2.75) is 63.7 Å². The summed E-state index contributed by atoms with van der Waals surface area (Å²) in [5.41, 5.74) is 2.62. The number of halogens is 2. The van der Waals surface area contributed by atoms with E-state index in [1.165, 1.54) is 6.07 Å². The van der Waals surface area contributed by atoms with Crippen molar-refractivity contribution in [1.82, 2.24) is 9.71 Å². The first-order valence-electron chi connectivity index (χ1n) is 12.7. The summed E-state index contributed by atoms with van der Waals surface area (Å²) in [4.78, 5) is 5.56. The number of rotatable bonds is 6. The Hall–Kier alpha value is -1.85. The summed E-state index contributed by atoms with van der Waals surface area (Å²) >= 11 is 3.64. The van der Waals surface area contributed by atoms with Gasteiger partial charge in [0.05, 0.1) is 12.3 Å². The van der Waals surface area contributed by atoms with Crippen molar-refractivity contribution in [3.63, 3.8) is 0 Å². The van der Waals surface area contributed by atoms with Crippen molar-refractivity contribution in [3.05, 3.63) is 87.1 Å². The average Bonchev–Trinajstić information content (AvgIpc) is 3.43. The van der Waals surface area contributed by atoms with Crippen LogP contribution in [0.4, 0.5) is 4.39 Å². The number of thiophene rings is 1. The Balaban J connectivity index is 1.60. The molecule has 1 aliphatic rings. The molecular weight excluding hydrogens is 599 g/mol. The zero-order chi connectivity index (χ0) is 28.2. The van der Waals surface area contributed by atoms with E-state index in [-0.39, 0.29) is 5.82 Å². The smallest absolute Gasteiger partial charge is 0.164 e. The highest BCUT2D eigenvalue weighted by molar-refractivity contribution is 9.10. The minimum Gasteiger partial charge on any atom is -0.598 e. The van der Waals surface area contributed by atoms with Crippen LogP contribution in [0, 0.1) is 5.82 Å². The molecule has 1 saturated heterocycles. The van der Waals surface area contributed by atoms with Crippen LogP contribution in [0.25, 0.3) is 21.3 Å². The van der Waals surface area contributed by atoms with Crippen LogP contribution in [0.3, 0.4) is 0 Å². The zero-order valence-electron chi connectivity index (χ0n) is 22.8. The van der Waals surface area contributed by atoms with E-state index < -0.39 is 33.5 Å². The Kier molecular flexibility index (Phi) is 7.74. The summed E-state index contributed by atoms with van der Waals surface area (Å²) in [6.07, 6.45) is 1.80. The van der Waals surface area contributed by atoms with Crippen molar-refractivity contribution in [2.75, 3.05) is 6.61 Å². The molecule has 0 radical (unpaired) electrons. The minimum absolute atomic E-state index is 0.366. The molecule has 1 N–H and O–H groups in total. The average molecular weight is 632 g/mol. The maximum Gasteiger partial charge on any atom is 0.164 e. The lowest BCUT2D eigenvalue weighted by atomic mass is 9.96. The van der Waals surface area contributed by atoms with Gasteiger partial charge in [0.15, 0.2) is 5.79 Å². The highest BCUT2D eigenvalue weighted by Crippen LogP contribution is 2.43. The van der Waals surface area contributed by atoms with Gasteiger partial charge in [0, 0.05) is 42.7 Å². The molecule has 2 unspecified atom stereocenters. The number of pyridine rings is 1. The summed E-state index contributed by atoms with van der Waals surface area (Å²) in [6, 6.07) is 16.4. The summed E-state index contributed by atoms with van der Waals surface area (Å²) in [7, 11) is 0. The van der Waals surface area contributed by atoms with Crippen molar-refractivity contribution >= 4 is 48.7 Å². The number of nitrogens with one attached hydrogen (secondary N) is 1.